The van der Waals surface area contributed by atoms with Crippen molar-refractivity contribution in [1.82, 2.24) is 0 Å². The minimum atomic E-state index is -0.184. The van der Waals surface area contributed by atoms with Crippen LogP contribution in [0.25, 0.3) is 0 Å². The van der Waals surface area contributed by atoms with Gasteiger partial charge in [0.05, 0.1) is 10.0 Å². The van der Waals surface area contributed by atoms with Crippen molar-refractivity contribution in [2.75, 3.05) is 11.1 Å². The van der Waals surface area contributed by atoms with Crippen LogP contribution in [0.1, 0.15) is 10.4 Å². The van der Waals surface area contributed by atoms with Crippen LogP contribution in [0.15, 0.2) is 46.9 Å². The number of carbonyl (C=O) groups excluding carboxylic acids is 1. The fourth-order valence-corrected chi connectivity index (χ4v) is 2.48. The Hall–Kier alpha value is -1.08. The van der Waals surface area contributed by atoms with E-state index in [9.17, 15) is 4.79 Å². The smallest absolute Gasteiger partial charge is 0.256 e. The lowest BCUT2D eigenvalue weighted by atomic mass is 10.2. The summed E-state index contributed by atoms with van der Waals surface area (Å²) in [6, 6.07) is 12.8. The number of benzene rings is 2. The van der Waals surface area contributed by atoms with Gasteiger partial charge >= 0.3 is 0 Å². The van der Waals surface area contributed by atoms with Gasteiger partial charge in [-0.25, -0.2) is 0 Å². The van der Waals surface area contributed by atoms with Gasteiger partial charge in [0.1, 0.15) is 0 Å². The average Bonchev–Trinajstić information content (AvgIpc) is 2.32. The largest absolute Gasteiger partial charge is 0.398 e. The fourth-order valence-electron chi connectivity index (χ4n) is 1.49. The van der Waals surface area contributed by atoms with Gasteiger partial charge in [-0.3, -0.25) is 4.79 Å². The van der Waals surface area contributed by atoms with E-state index in [2.05, 4.69) is 43.8 Å². The molecular formula is C13H10BrIN2O. The molecular weight excluding hydrogens is 407 g/mol. The van der Waals surface area contributed by atoms with Crippen LogP contribution >= 0.6 is 38.5 Å². The number of carbonyl (C=O) groups is 1. The Kier molecular flexibility index (Phi) is 4.23. The fraction of sp³-hybridized carbons (Fsp3) is 0. The lowest BCUT2D eigenvalue weighted by Gasteiger charge is -2.08. The highest BCUT2D eigenvalue weighted by atomic mass is 127. The summed E-state index contributed by atoms with van der Waals surface area (Å²) in [5.41, 5.74) is 7.58. The maximum atomic E-state index is 12.1. The second-order valence-electron chi connectivity index (χ2n) is 3.67. The first-order valence-electron chi connectivity index (χ1n) is 5.19. The van der Waals surface area contributed by atoms with Crippen molar-refractivity contribution in [3.8, 4) is 0 Å². The quantitative estimate of drug-likeness (QED) is 0.576. The van der Waals surface area contributed by atoms with Gasteiger partial charge in [-0.05, 0) is 68.9 Å². The molecule has 1 amide bonds. The summed E-state index contributed by atoms with van der Waals surface area (Å²) < 4.78 is 1.69. The number of rotatable bonds is 2. The van der Waals surface area contributed by atoms with Crippen LogP contribution in [-0.4, -0.2) is 5.91 Å². The Bertz CT molecular complexity index is 601. The normalized spacial score (nSPS) is 10.1. The second kappa shape index (κ2) is 5.71. The second-order valence-corrected chi connectivity index (χ2v) is 5.71. The van der Waals surface area contributed by atoms with Crippen LogP contribution in [-0.2, 0) is 0 Å². The van der Waals surface area contributed by atoms with Crippen molar-refractivity contribution in [3.63, 3.8) is 0 Å². The van der Waals surface area contributed by atoms with E-state index in [0.29, 0.717) is 15.7 Å². The molecule has 3 N–H and O–H groups in total. The number of hydrogen-bond acceptors (Lipinski definition) is 2. The van der Waals surface area contributed by atoms with Gasteiger partial charge in [-0.1, -0.05) is 12.1 Å². The summed E-state index contributed by atoms with van der Waals surface area (Å²) >= 11 is 5.52. The van der Waals surface area contributed by atoms with Gasteiger partial charge in [-0.15, -0.1) is 0 Å². The van der Waals surface area contributed by atoms with E-state index in [1.54, 1.807) is 18.2 Å². The molecule has 0 bridgehead atoms. The van der Waals surface area contributed by atoms with Crippen LogP contribution in [0.2, 0.25) is 0 Å². The van der Waals surface area contributed by atoms with Crippen molar-refractivity contribution >= 4 is 55.8 Å². The molecule has 2 aromatic carbocycles. The molecule has 0 atom stereocenters. The van der Waals surface area contributed by atoms with Gasteiger partial charge in [0.15, 0.2) is 0 Å². The third kappa shape index (κ3) is 3.02. The Balaban J connectivity index is 2.25. The average molecular weight is 417 g/mol. The number of anilines is 2. The number of nitrogens with one attached hydrogen (secondary N) is 1. The summed E-state index contributed by atoms with van der Waals surface area (Å²) in [6.07, 6.45) is 0. The molecule has 0 radical (unpaired) electrons. The summed E-state index contributed by atoms with van der Waals surface area (Å²) in [5, 5.41) is 2.84. The number of nitrogen functional groups attached to an aromatic ring is 1. The maximum Gasteiger partial charge on any atom is 0.256 e. The molecule has 2 aromatic rings. The molecule has 0 aliphatic heterocycles. The van der Waals surface area contributed by atoms with E-state index in [1.807, 2.05) is 24.3 Å². The third-order valence-electron chi connectivity index (χ3n) is 2.36. The Labute approximate surface area is 127 Å². The predicted molar refractivity (Wildman–Crippen MR) is 85.7 cm³/mol. The summed E-state index contributed by atoms with van der Waals surface area (Å²) in [7, 11) is 0. The number of nitrogens with two attached hydrogens (primary N) is 1. The highest BCUT2D eigenvalue weighted by Gasteiger charge is 2.11. The molecule has 5 heteroatoms. The number of hydrogen-bond donors (Lipinski definition) is 2. The van der Waals surface area contributed by atoms with E-state index in [-0.39, 0.29) is 5.91 Å². The van der Waals surface area contributed by atoms with Crippen LogP contribution in [0.4, 0.5) is 11.4 Å². The van der Waals surface area contributed by atoms with Crippen molar-refractivity contribution in [3.05, 3.63) is 56.1 Å². The molecule has 92 valence electrons. The highest BCUT2D eigenvalue weighted by molar-refractivity contribution is 14.1. The first kappa shape index (κ1) is 13.4. The highest BCUT2D eigenvalue weighted by Crippen LogP contribution is 2.24. The van der Waals surface area contributed by atoms with Crippen molar-refractivity contribution in [1.29, 1.82) is 0 Å². The first-order valence-corrected chi connectivity index (χ1v) is 7.06. The molecule has 0 aromatic heterocycles. The van der Waals surface area contributed by atoms with Gasteiger partial charge in [0.2, 0.25) is 0 Å². The Morgan fingerprint density at radius 2 is 1.94 bits per heavy atom. The van der Waals surface area contributed by atoms with E-state index < -0.39 is 0 Å². The Morgan fingerprint density at radius 3 is 2.67 bits per heavy atom. The minimum Gasteiger partial charge on any atom is -0.398 e. The van der Waals surface area contributed by atoms with Gasteiger partial charge in [0.25, 0.3) is 5.91 Å². The van der Waals surface area contributed by atoms with Gasteiger partial charge in [0, 0.05) is 14.9 Å². The molecule has 0 heterocycles. The maximum absolute atomic E-state index is 12.1. The molecule has 18 heavy (non-hydrogen) atoms. The van der Waals surface area contributed by atoms with Crippen molar-refractivity contribution in [2.24, 2.45) is 0 Å². The lowest BCUT2D eigenvalue weighted by Crippen LogP contribution is -2.13. The minimum absolute atomic E-state index is 0.184. The SMILES string of the molecule is Nc1cccc(C(=O)Nc2cccc(I)c2)c1Br. The first-order chi connectivity index (χ1) is 8.58. The molecule has 0 spiro atoms. The predicted octanol–water partition coefficient (Wildman–Crippen LogP) is 3.89. The summed E-state index contributed by atoms with van der Waals surface area (Å²) in [6.45, 7) is 0. The van der Waals surface area contributed by atoms with Crippen molar-refractivity contribution < 1.29 is 4.79 Å². The van der Waals surface area contributed by atoms with Gasteiger partial charge < -0.3 is 11.1 Å². The molecule has 0 saturated heterocycles. The summed E-state index contributed by atoms with van der Waals surface area (Å²) in [4.78, 5) is 12.1. The van der Waals surface area contributed by atoms with E-state index in [0.717, 1.165) is 9.26 Å². The molecule has 2 rings (SSSR count). The zero-order valence-corrected chi connectivity index (χ0v) is 13.0. The number of halogens is 2. The summed E-state index contributed by atoms with van der Waals surface area (Å²) in [5.74, 6) is -0.184. The van der Waals surface area contributed by atoms with Gasteiger partial charge in [-0.2, -0.15) is 0 Å². The van der Waals surface area contributed by atoms with E-state index >= 15 is 0 Å². The molecule has 0 saturated carbocycles. The van der Waals surface area contributed by atoms with Crippen LogP contribution in [0, 0.1) is 3.57 Å². The molecule has 3 nitrogen and oxygen atoms in total. The van der Waals surface area contributed by atoms with E-state index in [1.165, 1.54) is 0 Å². The van der Waals surface area contributed by atoms with Crippen LogP contribution in [0.5, 0.6) is 0 Å². The molecule has 0 aliphatic rings. The number of amides is 1. The lowest BCUT2D eigenvalue weighted by molar-refractivity contribution is 0.102. The Morgan fingerprint density at radius 1 is 1.22 bits per heavy atom. The zero-order valence-electron chi connectivity index (χ0n) is 9.28. The molecule has 0 aliphatic carbocycles. The van der Waals surface area contributed by atoms with Crippen LogP contribution in [0.3, 0.4) is 0 Å². The third-order valence-corrected chi connectivity index (χ3v) is 3.91. The zero-order chi connectivity index (χ0) is 13.1. The monoisotopic (exact) mass is 416 g/mol. The molecule has 0 unspecified atom stereocenters. The molecule has 0 fully saturated rings. The standard InChI is InChI=1S/C13H10BrIN2O/c14-12-10(5-2-6-11(12)16)13(18)17-9-4-1-3-8(15)7-9/h1-7H,16H2,(H,17,18). The van der Waals surface area contributed by atoms with E-state index in [4.69, 9.17) is 5.73 Å². The van der Waals surface area contributed by atoms with Crippen LogP contribution < -0.4 is 11.1 Å². The van der Waals surface area contributed by atoms with Crippen molar-refractivity contribution in [2.45, 2.75) is 0 Å². The topological polar surface area (TPSA) is 55.1 Å².